The maximum atomic E-state index is 13.4. The van der Waals surface area contributed by atoms with E-state index in [0.717, 1.165) is 43.2 Å². The Morgan fingerprint density at radius 1 is 1.05 bits per heavy atom. The fraction of sp³-hybridized carbons (Fsp3) is 0.677. The maximum absolute atomic E-state index is 13.4. The van der Waals surface area contributed by atoms with E-state index in [1.54, 1.807) is 13.2 Å². The molecule has 38 heavy (non-hydrogen) atoms. The van der Waals surface area contributed by atoms with Crippen LogP contribution in [-0.2, 0) is 4.74 Å². The molecular formula is C31H47N3O4. The Hall–Kier alpha value is -2.38. The zero-order valence-electron chi connectivity index (χ0n) is 24.0. The summed E-state index contributed by atoms with van der Waals surface area (Å²) in [5.74, 6) is 3.31. The Morgan fingerprint density at radius 2 is 1.84 bits per heavy atom. The molecule has 2 aliphatic rings. The number of methoxy groups -OCH3 is 1. The molecule has 1 saturated heterocycles. The zero-order chi connectivity index (χ0) is 27.1. The second-order valence-electron chi connectivity index (χ2n) is 11.7. The quantitative estimate of drug-likeness (QED) is 0.379. The number of nitrogens with one attached hydrogen (secondary N) is 1. The number of pyridine rings is 1. The first kappa shape index (κ1) is 28.6. The summed E-state index contributed by atoms with van der Waals surface area (Å²) in [6, 6.07) is 8.25. The van der Waals surface area contributed by atoms with Gasteiger partial charge in [0.1, 0.15) is 29.3 Å². The molecule has 0 spiro atoms. The molecule has 1 aromatic carbocycles. The van der Waals surface area contributed by atoms with Crippen molar-refractivity contribution >= 4 is 16.8 Å². The molecule has 1 aliphatic carbocycles. The highest BCUT2D eigenvalue weighted by molar-refractivity contribution is 5.98. The van der Waals surface area contributed by atoms with Crippen LogP contribution in [0.4, 0.5) is 0 Å². The van der Waals surface area contributed by atoms with E-state index in [1.807, 2.05) is 18.2 Å². The molecule has 0 unspecified atom stereocenters. The zero-order valence-corrected chi connectivity index (χ0v) is 24.0. The Bertz CT molecular complexity index is 1050. The number of rotatable bonds is 11. The SMILES string of the molecule is COCCOc1cc(C(=O)N[C@@H]2CCCN(C(C)C)C2)nc2c(OCC3CCC(C(C)C)CC3)cccc12. The molecule has 4 rings (SSSR count). The number of fused-ring (bicyclic) bond motifs is 1. The van der Waals surface area contributed by atoms with Gasteiger partial charge in [0.2, 0.25) is 0 Å². The molecule has 2 heterocycles. The predicted octanol–water partition coefficient (Wildman–Crippen LogP) is 5.70. The van der Waals surface area contributed by atoms with Gasteiger partial charge in [-0.15, -0.1) is 0 Å². The molecule has 1 aromatic heterocycles. The standard InChI is InChI=1S/C31H47N3O4/c1-21(2)24-13-11-23(12-14-24)20-38-28-10-6-9-26-29(37-17-16-36-5)18-27(33-30(26)28)31(35)32-25-8-7-15-34(19-25)22(3)4/h6,9-10,18,21-25H,7-8,11-17,19-20H2,1-5H3,(H,32,35)/t23?,24?,25-/m1/s1. The van der Waals surface area contributed by atoms with Gasteiger partial charge in [0, 0.05) is 37.2 Å². The Balaban J connectivity index is 1.53. The summed E-state index contributed by atoms with van der Waals surface area (Å²) in [6.07, 6.45) is 7.01. The second kappa shape index (κ2) is 13.6. The number of carbonyl (C=O) groups is 1. The molecule has 1 aliphatic heterocycles. The van der Waals surface area contributed by atoms with Gasteiger partial charge in [-0.05, 0) is 88.8 Å². The van der Waals surface area contributed by atoms with Crippen molar-refractivity contribution in [1.82, 2.24) is 15.2 Å². The van der Waals surface area contributed by atoms with Crippen LogP contribution in [0.1, 0.15) is 76.7 Å². The molecule has 7 heteroatoms. The Labute approximate surface area is 228 Å². The third-order valence-electron chi connectivity index (χ3n) is 8.37. The molecule has 7 nitrogen and oxygen atoms in total. The lowest BCUT2D eigenvalue weighted by atomic mass is 9.77. The maximum Gasteiger partial charge on any atom is 0.270 e. The van der Waals surface area contributed by atoms with E-state index in [0.29, 0.717) is 54.5 Å². The van der Waals surface area contributed by atoms with E-state index in [-0.39, 0.29) is 11.9 Å². The van der Waals surface area contributed by atoms with Gasteiger partial charge in [-0.2, -0.15) is 0 Å². The first-order valence-corrected chi connectivity index (χ1v) is 14.6. The van der Waals surface area contributed by atoms with Gasteiger partial charge in [-0.3, -0.25) is 9.69 Å². The van der Waals surface area contributed by atoms with Gasteiger partial charge in [0.05, 0.1) is 13.2 Å². The van der Waals surface area contributed by atoms with Crippen LogP contribution in [-0.4, -0.2) is 67.9 Å². The van der Waals surface area contributed by atoms with Crippen molar-refractivity contribution in [1.29, 1.82) is 0 Å². The third-order valence-corrected chi connectivity index (χ3v) is 8.37. The average molecular weight is 526 g/mol. The normalized spacial score (nSPS) is 22.7. The van der Waals surface area contributed by atoms with E-state index in [9.17, 15) is 4.79 Å². The molecule has 210 valence electrons. The number of amides is 1. The highest BCUT2D eigenvalue weighted by Gasteiger charge is 2.26. The number of nitrogens with zero attached hydrogens (tertiary/aromatic N) is 2. The Kier molecular flexibility index (Phi) is 10.3. The minimum absolute atomic E-state index is 0.112. The number of para-hydroxylation sites is 1. The van der Waals surface area contributed by atoms with Crippen LogP contribution in [0, 0.1) is 17.8 Å². The molecule has 0 radical (unpaired) electrons. The highest BCUT2D eigenvalue weighted by Crippen LogP contribution is 2.35. The van der Waals surface area contributed by atoms with Crippen LogP contribution in [0.2, 0.25) is 0 Å². The molecule has 1 amide bonds. The predicted molar refractivity (Wildman–Crippen MR) is 152 cm³/mol. The monoisotopic (exact) mass is 525 g/mol. The number of likely N-dealkylation sites (tertiary alicyclic amines) is 1. The molecule has 0 bridgehead atoms. The van der Waals surface area contributed by atoms with Gasteiger partial charge in [-0.1, -0.05) is 19.9 Å². The third kappa shape index (κ3) is 7.38. The van der Waals surface area contributed by atoms with Crippen LogP contribution in [0.25, 0.3) is 10.9 Å². The fourth-order valence-electron chi connectivity index (χ4n) is 5.86. The molecule has 2 aromatic rings. The Morgan fingerprint density at radius 3 is 2.55 bits per heavy atom. The van der Waals surface area contributed by atoms with Crippen LogP contribution in [0.3, 0.4) is 0 Å². The minimum atomic E-state index is -0.166. The van der Waals surface area contributed by atoms with Gasteiger partial charge in [-0.25, -0.2) is 4.98 Å². The van der Waals surface area contributed by atoms with Crippen LogP contribution < -0.4 is 14.8 Å². The summed E-state index contributed by atoms with van der Waals surface area (Å²) >= 11 is 0. The number of ether oxygens (including phenoxy) is 3. The largest absolute Gasteiger partial charge is 0.491 e. The van der Waals surface area contributed by atoms with Crippen molar-refractivity contribution < 1.29 is 19.0 Å². The fourth-order valence-corrected chi connectivity index (χ4v) is 5.86. The van der Waals surface area contributed by atoms with Crippen molar-refractivity contribution in [2.45, 2.75) is 78.3 Å². The number of carbonyl (C=O) groups excluding carboxylic acids is 1. The summed E-state index contributed by atoms with van der Waals surface area (Å²) in [7, 11) is 1.65. The molecule has 2 fully saturated rings. The lowest BCUT2D eigenvalue weighted by Gasteiger charge is -2.35. The van der Waals surface area contributed by atoms with Crippen LogP contribution in [0.5, 0.6) is 11.5 Å². The van der Waals surface area contributed by atoms with Gasteiger partial charge >= 0.3 is 0 Å². The molecule has 1 saturated carbocycles. The summed E-state index contributed by atoms with van der Waals surface area (Å²) in [5.41, 5.74) is 1.04. The summed E-state index contributed by atoms with van der Waals surface area (Å²) < 4.78 is 17.6. The summed E-state index contributed by atoms with van der Waals surface area (Å²) in [5, 5.41) is 4.08. The second-order valence-corrected chi connectivity index (χ2v) is 11.7. The number of hydrogen-bond donors (Lipinski definition) is 1. The van der Waals surface area contributed by atoms with Crippen molar-refractivity contribution in [3.63, 3.8) is 0 Å². The number of benzene rings is 1. The van der Waals surface area contributed by atoms with Crippen molar-refractivity contribution in [2.75, 3.05) is 40.0 Å². The lowest BCUT2D eigenvalue weighted by Crippen LogP contribution is -2.49. The van der Waals surface area contributed by atoms with E-state index >= 15 is 0 Å². The van der Waals surface area contributed by atoms with Gasteiger partial charge in [0.15, 0.2) is 0 Å². The average Bonchev–Trinajstić information content (AvgIpc) is 2.92. The molecule has 1 N–H and O–H groups in total. The molecular weight excluding hydrogens is 478 g/mol. The van der Waals surface area contributed by atoms with E-state index in [1.165, 1.54) is 25.7 Å². The summed E-state index contributed by atoms with van der Waals surface area (Å²) in [4.78, 5) is 20.6. The minimum Gasteiger partial charge on any atom is -0.491 e. The van der Waals surface area contributed by atoms with Crippen molar-refractivity contribution in [3.8, 4) is 11.5 Å². The van der Waals surface area contributed by atoms with Gasteiger partial charge in [0.25, 0.3) is 5.91 Å². The van der Waals surface area contributed by atoms with Crippen LogP contribution in [0.15, 0.2) is 24.3 Å². The number of hydrogen-bond acceptors (Lipinski definition) is 6. The number of aromatic nitrogens is 1. The van der Waals surface area contributed by atoms with Gasteiger partial charge < -0.3 is 19.5 Å². The van der Waals surface area contributed by atoms with Crippen LogP contribution >= 0.6 is 0 Å². The van der Waals surface area contributed by atoms with Crippen molar-refractivity contribution in [2.24, 2.45) is 17.8 Å². The smallest absolute Gasteiger partial charge is 0.270 e. The first-order chi connectivity index (χ1) is 18.4. The van der Waals surface area contributed by atoms with E-state index in [4.69, 9.17) is 19.2 Å². The summed E-state index contributed by atoms with van der Waals surface area (Å²) in [6.45, 7) is 12.6. The van der Waals surface area contributed by atoms with E-state index in [2.05, 4.69) is 37.9 Å². The highest BCUT2D eigenvalue weighted by atomic mass is 16.5. The van der Waals surface area contributed by atoms with E-state index < -0.39 is 0 Å². The lowest BCUT2D eigenvalue weighted by molar-refractivity contribution is 0.0881. The number of piperidine rings is 1. The molecule has 1 atom stereocenters. The first-order valence-electron chi connectivity index (χ1n) is 14.6. The van der Waals surface area contributed by atoms with Crippen molar-refractivity contribution in [3.05, 3.63) is 30.0 Å². The topological polar surface area (TPSA) is 72.9 Å².